The number of ether oxygens (including phenoxy) is 1. The lowest BCUT2D eigenvalue weighted by Crippen LogP contribution is -2.59. The molecule has 3 aromatic rings. The molecule has 1 unspecified atom stereocenters. The number of hydrogen-bond donors (Lipinski definition) is 1. The fourth-order valence-electron chi connectivity index (χ4n) is 4.80. The lowest BCUT2D eigenvalue weighted by molar-refractivity contribution is 0.0329. The molecule has 0 radical (unpaired) electrons. The molecule has 35 heavy (non-hydrogen) atoms. The number of pyridine rings is 1. The van der Waals surface area contributed by atoms with E-state index < -0.39 is 5.54 Å². The van der Waals surface area contributed by atoms with Gasteiger partial charge in [-0.2, -0.15) is 0 Å². The van der Waals surface area contributed by atoms with Crippen molar-refractivity contribution in [3.8, 4) is 11.3 Å². The SMILES string of the molecule is O=C1NC(CCN2CCOCC2)(c2ccc(F)cc2)CCN1c1cccc(-c2ccc(F)cc2)n1. The zero-order valence-corrected chi connectivity index (χ0v) is 19.4. The quantitative estimate of drug-likeness (QED) is 0.564. The predicted molar refractivity (Wildman–Crippen MR) is 130 cm³/mol. The van der Waals surface area contributed by atoms with Crippen molar-refractivity contribution in [2.75, 3.05) is 44.3 Å². The van der Waals surface area contributed by atoms with Gasteiger partial charge in [0.2, 0.25) is 0 Å². The van der Waals surface area contributed by atoms with Crippen LogP contribution in [-0.2, 0) is 10.3 Å². The average Bonchev–Trinajstić information content (AvgIpc) is 2.89. The van der Waals surface area contributed by atoms with Crippen molar-refractivity contribution in [1.82, 2.24) is 15.2 Å². The Labute approximate surface area is 203 Å². The van der Waals surface area contributed by atoms with Gasteiger partial charge >= 0.3 is 6.03 Å². The molecule has 0 spiro atoms. The monoisotopic (exact) mass is 478 g/mol. The number of aromatic nitrogens is 1. The molecular formula is C27H28F2N4O2. The Morgan fingerprint density at radius 3 is 2.29 bits per heavy atom. The third kappa shape index (κ3) is 5.18. The van der Waals surface area contributed by atoms with Crippen molar-refractivity contribution < 1.29 is 18.3 Å². The van der Waals surface area contributed by atoms with Crippen LogP contribution in [0.5, 0.6) is 0 Å². The molecule has 2 aliphatic heterocycles. The highest BCUT2D eigenvalue weighted by molar-refractivity contribution is 5.92. The van der Waals surface area contributed by atoms with E-state index in [0.717, 1.165) is 30.8 Å². The number of anilines is 1. The van der Waals surface area contributed by atoms with Gasteiger partial charge in [-0.3, -0.25) is 9.80 Å². The summed E-state index contributed by atoms with van der Waals surface area (Å²) >= 11 is 0. The third-order valence-electron chi connectivity index (χ3n) is 6.86. The van der Waals surface area contributed by atoms with E-state index in [2.05, 4.69) is 15.2 Å². The van der Waals surface area contributed by atoms with Gasteiger partial charge in [0.05, 0.1) is 24.4 Å². The van der Waals surface area contributed by atoms with E-state index in [0.29, 0.717) is 44.1 Å². The van der Waals surface area contributed by atoms with Crippen molar-refractivity contribution in [3.05, 3.63) is 83.9 Å². The summed E-state index contributed by atoms with van der Waals surface area (Å²) in [6, 6.07) is 17.8. The number of carbonyl (C=O) groups excluding carboxylic acids is 1. The van der Waals surface area contributed by atoms with Crippen molar-refractivity contribution >= 4 is 11.8 Å². The first-order valence-electron chi connectivity index (χ1n) is 11.9. The van der Waals surface area contributed by atoms with Gasteiger partial charge in [-0.25, -0.2) is 18.6 Å². The van der Waals surface area contributed by atoms with E-state index in [1.807, 2.05) is 12.1 Å². The minimum atomic E-state index is -0.603. The van der Waals surface area contributed by atoms with Crippen LogP contribution in [0.1, 0.15) is 18.4 Å². The Hall–Kier alpha value is -3.36. The third-order valence-corrected chi connectivity index (χ3v) is 6.86. The first-order chi connectivity index (χ1) is 17.0. The summed E-state index contributed by atoms with van der Waals surface area (Å²) in [6.07, 6.45) is 1.36. The summed E-state index contributed by atoms with van der Waals surface area (Å²) in [7, 11) is 0. The van der Waals surface area contributed by atoms with Crippen molar-refractivity contribution in [2.24, 2.45) is 0 Å². The highest BCUT2D eigenvalue weighted by Crippen LogP contribution is 2.34. The molecule has 0 aliphatic carbocycles. The average molecular weight is 479 g/mol. The van der Waals surface area contributed by atoms with Crippen LogP contribution >= 0.6 is 0 Å². The standard InChI is InChI=1S/C27H28F2N4O2/c28-22-8-4-20(5-9-22)24-2-1-3-25(30-24)33-15-13-27(31-26(33)34,21-6-10-23(29)11-7-21)12-14-32-16-18-35-19-17-32/h1-11H,12-19H2,(H,31,34). The van der Waals surface area contributed by atoms with Crippen LogP contribution in [0.3, 0.4) is 0 Å². The van der Waals surface area contributed by atoms with Gasteiger partial charge < -0.3 is 10.1 Å². The second kappa shape index (κ2) is 10.1. The second-order valence-corrected chi connectivity index (χ2v) is 9.01. The molecule has 1 aromatic heterocycles. The molecule has 182 valence electrons. The number of benzene rings is 2. The highest BCUT2D eigenvalue weighted by atomic mass is 19.1. The van der Waals surface area contributed by atoms with Gasteiger partial charge in [-0.15, -0.1) is 0 Å². The molecule has 1 N–H and O–H groups in total. The lowest BCUT2D eigenvalue weighted by atomic mass is 9.81. The molecule has 2 fully saturated rings. The first-order valence-corrected chi connectivity index (χ1v) is 11.9. The molecule has 5 rings (SSSR count). The second-order valence-electron chi connectivity index (χ2n) is 9.01. The summed E-state index contributed by atoms with van der Waals surface area (Å²) in [5, 5.41) is 3.24. The topological polar surface area (TPSA) is 57.7 Å². The fourth-order valence-corrected chi connectivity index (χ4v) is 4.80. The van der Waals surface area contributed by atoms with Gasteiger partial charge in [0.25, 0.3) is 0 Å². The molecule has 3 heterocycles. The molecule has 0 bridgehead atoms. The Kier molecular flexibility index (Phi) is 6.74. The van der Waals surface area contributed by atoms with E-state index in [9.17, 15) is 13.6 Å². The van der Waals surface area contributed by atoms with Crippen molar-refractivity contribution in [1.29, 1.82) is 0 Å². The zero-order chi connectivity index (χ0) is 24.3. The molecule has 6 nitrogen and oxygen atoms in total. The maximum absolute atomic E-state index is 13.7. The number of nitrogens with one attached hydrogen (secondary N) is 1. The summed E-state index contributed by atoms with van der Waals surface area (Å²) in [6.45, 7) is 4.41. The summed E-state index contributed by atoms with van der Waals surface area (Å²) in [4.78, 5) is 22.0. The van der Waals surface area contributed by atoms with Crippen molar-refractivity contribution in [3.63, 3.8) is 0 Å². The largest absolute Gasteiger partial charge is 0.379 e. The molecule has 2 aliphatic rings. The number of rotatable bonds is 6. The molecule has 2 amide bonds. The highest BCUT2D eigenvalue weighted by Gasteiger charge is 2.40. The number of halogens is 2. The Morgan fingerprint density at radius 2 is 1.60 bits per heavy atom. The van der Waals surface area contributed by atoms with Crippen LogP contribution in [0.4, 0.5) is 19.4 Å². The summed E-state index contributed by atoms with van der Waals surface area (Å²) < 4.78 is 32.5. The normalized spacial score (nSPS) is 21.1. The van der Waals surface area contributed by atoms with Gasteiger partial charge in [0, 0.05) is 31.7 Å². The number of urea groups is 1. The number of carbonyl (C=O) groups is 1. The molecule has 0 saturated carbocycles. The minimum Gasteiger partial charge on any atom is -0.379 e. The molecule has 2 saturated heterocycles. The summed E-state index contributed by atoms with van der Waals surface area (Å²) in [5.41, 5.74) is 1.73. The number of hydrogen-bond acceptors (Lipinski definition) is 4. The zero-order valence-electron chi connectivity index (χ0n) is 19.4. The fraction of sp³-hybridized carbons (Fsp3) is 0.333. The number of amides is 2. The van der Waals surface area contributed by atoms with E-state index in [-0.39, 0.29) is 17.7 Å². The van der Waals surface area contributed by atoms with E-state index in [1.165, 1.54) is 24.3 Å². The van der Waals surface area contributed by atoms with Crippen LogP contribution in [-0.4, -0.2) is 55.3 Å². The van der Waals surface area contributed by atoms with Crippen LogP contribution in [0.15, 0.2) is 66.7 Å². The summed E-state index contributed by atoms with van der Waals surface area (Å²) in [5.74, 6) is -0.0811. The predicted octanol–water partition coefficient (Wildman–Crippen LogP) is 4.56. The number of morpholine rings is 1. The van der Waals surface area contributed by atoms with Crippen LogP contribution in [0.2, 0.25) is 0 Å². The Bertz CT molecular complexity index is 1170. The van der Waals surface area contributed by atoms with Gasteiger partial charge in [-0.1, -0.05) is 18.2 Å². The van der Waals surface area contributed by atoms with E-state index >= 15 is 0 Å². The maximum Gasteiger partial charge on any atom is 0.323 e. The molecule has 2 aromatic carbocycles. The van der Waals surface area contributed by atoms with Gasteiger partial charge in [0.15, 0.2) is 0 Å². The molecule has 1 atom stereocenters. The Balaban J connectivity index is 1.37. The van der Waals surface area contributed by atoms with Crippen LogP contribution in [0.25, 0.3) is 11.3 Å². The molecule has 8 heteroatoms. The van der Waals surface area contributed by atoms with Crippen molar-refractivity contribution in [2.45, 2.75) is 18.4 Å². The maximum atomic E-state index is 13.7. The number of nitrogens with zero attached hydrogens (tertiary/aromatic N) is 3. The van der Waals surface area contributed by atoms with Crippen LogP contribution in [0, 0.1) is 11.6 Å². The van der Waals surface area contributed by atoms with Crippen LogP contribution < -0.4 is 10.2 Å². The minimum absolute atomic E-state index is 0.244. The van der Waals surface area contributed by atoms with E-state index in [1.54, 1.807) is 35.2 Å². The van der Waals surface area contributed by atoms with Gasteiger partial charge in [-0.05, 0) is 66.9 Å². The molecular weight excluding hydrogens is 450 g/mol. The van der Waals surface area contributed by atoms with Gasteiger partial charge in [0.1, 0.15) is 17.5 Å². The van der Waals surface area contributed by atoms with E-state index in [4.69, 9.17) is 4.74 Å². The lowest BCUT2D eigenvalue weighted by Gasteiger charge is -2.44. The first kappa shape index (κ1) is 23.4. The smallest absolute Gasteiger partial charge is 0.323 e. The Morgan fingerprint density at radius 1 is 0.914 bits per heavy atom.